The van der Waals surface area contributed by atoms with E-state index in [1.807, 2.05) is 23.1 Å². The average molecular weight is 284 g/mol. The second-order valence-electron chi connectivity index (χ2n) is 6.21. The number of aromatic amines is 1. The molecule has 2 aliphatic rings. The first kappa shape index (κ1) is 12.8. The van der Waals surface area contributed by atoms with Crippen molar-refractivity contribution in [2.24, 2.45) is 5.92 Å². The highest BCUT2D eigenvalue weighted by Crippen LogP contribution is 2.30. The fourth-order valence-electron chi connectivity index (χ4n) is 3.05. The summed E-state index contributed by atoms with van der Waals surface area (Å²) in [5.74, 6) is 1.06. The van der Waals surface area contributed by atoms with Crippen molar-refractivity contribution in [1.29, 1.82) is 0 Å². The van der Waals surface area contributed by atoms with Gasteiger partial charge in [0.1, 0.15) is 0 Å². The molecule has 1 aliphatic carbocycles. The standard InChI is InChI=1S/C16H20N4O/c21-16(13-3-4-14-10-17-18-15(14)9-13)20-7-5-19(6-8-20)11-12-1-2-12/h3-4,9-10,12H,1-2,5-8,11H2,(H,17,18). The number of amides is 1. The van der Waals surface area contributed by atoms with Crippen LogP contribution in [0.25, 0.3) is 10.9 Å². The van der Waals surface area contributed by atoms with E-state index in [0.717, 1.165) is 48.6 Å². The van der Waals surface area contributed by atoms with E-state index in [1.54, 1.807) is 6.20 Å². The molecule has 0 unspecified atom stereocenters. The van der Waals surface area contributed by atoms with Crippen LogP contribution in [-0.4, -0.2) is 58.6 Å². The van der Waals surface area contributed by atoms with Gasteiger partial charge >= 0.3 is 0 Å². The van der Waals surface area contributed by atoms with Crippen LogP contribution in [-0.2, 0) is 0 Å². The first-order valence-corrected chi connectivity index (χ1v) is 7.74. The Bertz CT molecular complexity index is 653. The van der Waals surface area contributed by atoms with Crippen molar-refractivity contribution in [3.05, 3.63) is 30.0 Å². The van der Waals surface area contributed by atoms with Gasteiger partial charge in [0.05, 0.1) is 11.7 Å². The number of carbonyl (C=O) groups is 1. The number of H-pyrrole nitrogens is 1. The van der Waals surface area contributed by atoms with Crippen LogP contribution in [0.15, 0.2) is 24.4 Å². The summed E-state index contributed by atoms with van der Waals surface area (Å²) < 4.78 is 0. The molecule has 1 aliphatic heterocycles. The van der Waals surface area contributed by atoms with Crippen molar-refractivity contribution < 1.29 is 4.79 Å². The zero-order valence-electron chi connectivity index (χ0n) is 12.1. The first-order valence-electron chi connectivity index (χ1n) is 7.74. The number of rotatable bonds is 3. The van der Waals surface area contributed by atoms with Crippen LogP contribution in [0, 0.1) is 5.92 Å². The van der Waals surface area contributed by atoms with E-state index < -0.39 is 0 Å². The second kappa shape index (κ2) is 5.15. The molecule has 2 aromatic rings. The van der Waals surface area contributed by atoms with Gasteiger partial charge in [-0.1, -0.05) is 6.07 Å². The molecule has 1 saturated heterocycles. The molecular formula is C16H20N4O. The number of nitrogens with zero attached hydrogens (tertiary/aromatic N) is 3. The van der Waals surface area contributed by atoms with Crippen molar-refractivity contribution in [2.75, 3.05) is 32.7 Å². The Hall–Kier alpha value is -1.88. The largest absolute Gasteiger partial charge is 0.336 e. The lowest BCUT2D eigenvalue weighted by Crippen LogP contribution is -2.49. The molecule has 0 spiro atoms. The summed E-state index contributed by atoms with van der Waals surface area (Å²) in [5.41, 5.74) is 1.68. The topological polar surface area (TPSA) is 52.2 Å². The second-order valence-corrected chi connectivity index (χ2v) is 6.21. The predicted octanol–water partition coefficient (Wildman–Crippen LogP) is 1.73. The van der Waals surface area contributed by atoms with Crippen LogP contribution in [0.4, 0.5) is 0 Å². The lowest BCUT2D eigenvalue weighted by atomic mass is 10.1. The lowest BCUT2D eigenvalue weighted by Gasteiger charge is -2.34. The highest BCUT2D eigenvalue weighted by atomic mass is 16.2. The van der Waals surface area contributed by atoms with Crippen molar-refractivity contribution in [3.8, 4) is 0 Å². The number of aromatic nitrogens is 2. The van der Waals surface area contributed by atoms with Gasteiger partial charge in [0, 0.05) is 43.7 Å². The quantitative estimate of drug-likeness (QED) is 0.934. The molecule has 21 heavy (non-hydrogen) atoms. The third-order valence-corrected chi connectivity index (χ3v) is 4.56. The summed E-state index contributed by atoms with van der Waals surface area (Å²) >= 11 is 0. The number of benzene rings is 1. The number of hydrogen-bond acceptors (Lipinski definition) is 3. The molecule has 0 bridgehead atoms. The minimum atomic E-state index is 0.137. The highest BCUT2D eigenvalue weighted by Gasteiger charge is 2.27. The van der Waals surface area contributed by atoms with Crippen LogP contribution >= 0.6 is 0 Å². The van der Waals surface area contributed by atoms with Crippen LogP contribution in [0.1, 0.15) is 23.2 Å². The molecule has 1 aromatic heterocycles. The Balaban J connectivity index is 1.42. The molecule has 0 radical (unpaired) electrons. The fraction of sp³-hybridized carbons (Fsp3) is 0.500. The normalized spacial score (nSPS) is 20.1. The smallest absolute Gasteiger partial charge is 0.254 e. The maximum Gasteiger partial charge on any atom is 0.254 e. The molecule has 2 fully saturated rings. The van der Waals surface area contributed by atoms with Gasteiger partial charge in [0.2, 0.25) is 0 Å². The van der Waals surface area contributed by atoms with Crippen molar-refractivity contribution in [1.82, 2.24) is 20.0 Å². The first-order chi connectivity index (χ1) is 10.3. The average Bonchev–Trinajstić information content (AvgIpc) is 3.21. The number of piperazine rings is 1. The molecule has 2 heterocycles. The molecule has 5 nitrogen and oxygen atoms in total. The molecular weight excluding hydrogens is 264 g/mol. The third kappa shape index (κ3) is 2.65. The number of hydrogen-bond donors (Lipinski definition) is 1. The molecule has 1 aromatic carbocycles. The van der Waals surface area contributed by atoms with Crippen LogP contribution in [0.2, 0.25) is 0 Å². The van der Waals surface area contributed by atoms with E-state index in [2.05, 4.69) is 15.1 Å². The minimum Gasteiger partial charge on any atom is -0.336 e. The van der Waals surface area contributed by atoms with Crippen molar-refractivity contribution >= 4 is 16.8 Å². The highest BCUT2D eigenvalue weighted by molar-refractivity contribution is 5.97. The summed E-state index contributed by atoms with van der Waals surface area (Å²) in [5, 5.41) is 7.97. The summed E-state index contributed by atoms with van der Waals surface area (Å²) in [6.45, 7) is 4.92. The number of nitrogens with one attached hydrogen (secondary N) is 1. The van der Waals surface area contributed by atoms with Crippen LogP contribution < -0.4 is 0 Å². The van der Waals surface area contributed by atoms with Gasteiger partial charge in [-0.3, -0.25) is 14.8 Å². The maximum atomic E-state index is 12.6. The molecule has 1 N–H and O–H groups in total. The summed E-state index contributed by atoms with van der Waals surface area (Å²) in [7, 11) is 0. The Kier molecular flexibility index (Phi) is 3.15. The monoisotopic (exact) mass is 284 g/mol. The lowest BCUT2D eigenvalue weighted by molar-refractivity contribution is 0.0632. The fourth-order valence-corrected chi connectivity index (χ4v) is 3.05. The number of fused-ring (bicyclic) bond motifs is 1. The van der Waals surface area contributed by atoms with E-state index >= 15 is 0 Å². The van der Waals surface area contributed by atoms with E-state index in [-0.39, 0.29) is 5.91 Å². The Morgan fingerprint density at radius 3 is 2.81 bits per heavy atom. The van der Waals surface area contributed by atoms with Gasteiger partial charge in [-0.2, -0.15) is 5.10 Å². The zero-order valence-corrected chi connectivity index (χ0v) is 12.1. The molecule has 110 valence electrons. The zero-order chi connectivity index (χ0) is 14.2. The van der Waals surface area contributed by atoms with Crippen LogP contribution in [0.5, 0.6) is 0 Å². The maximum absolute atomic E-state index is 12.6. The van der Waals surface area contributed by atoms with Gasteiger partial charge in [-0.25, -0.2) is 0 Å². The van der Waals surface area contributed by atoms with Gasteiger partial charge in [-0.05, 0) is 30.9 Å². The summed E-state index contributed by atoms with van der Waals surface area (Å²) in [4.78, 5) is 17.1. The van der Waals surface area contributed by atoms with Gasteiger partial charge < -0.3 is 4.90 Å². The van der Waals surface area contributed by atoms with E-state index in [1.165, 1.54) is 19.4 Å². The van der Waals surface area contributed by atoms with E-state index in [4.69, 9.17) is 0 Å². The molecule has 0 atom stereocenters. The van der Waals surface area contributed by atoms with Crippen molar-refractivity contribution in [2.45, 2.75) is 12.8 Å². The van der Waals surface area contributed by atoms with Crippen molar-refractivity contribution in [3.63, 3.8) is 0 Å². The van der Waals surface area contributed by atoms with Gasteiger partial charge in [0.25, 0.3) is 5.91 Å². The summed E-state index contributed by atoms with van der Waals surface area (Å²) in [6.07, 6.45) is 4.56. The molecule has 1 amide bonds. The van der Waals surface area contributed by atoms with E-state index in [9.17, 15) is 4.79 Å². The number of carbonyl (C=O) groups excluding carboxylic acids is 1. The predicted molar refractivity (Wildman–Crippen MR) is 81.2 cm³/mol. The van der Waals surface area contributed by atoms with E-state index in [0.29, 0.717) is 0 Å². The Morgan fingerprint density at radius 2 is 2.05 bits per heavy atom. The Morgan fingerprint density at radius 1 is 1.24 bits per heavy atom. The SMILES string of the molecule is O=C(c1ccc2cn[nH]c2c1)N1CCN(CC2CC2)CC1. The molecule has 5 heteroatoms. The van der Waals surface area contributed by atoms with Gasteiger partial charge in [0.15, 0.2) is 0 Å². The molecule has 1 saturated carbocycles. The minimum absolute atomic E-state index is 0.137. The van der Waals surface area contributed by atoms with Gasteiger partial charge in [-0.15, -0.1) is 0 Å². The Labute approximate surface area is 123 Å². The molecule has 4 rings (SSSR count). The third-order valence-electron chi connectivity index (χ3n) is 4.56. The van der Waals surface area contributed by atoms with Crippen LogP contribution in [0.3, 0.4) is 0 Å². The summed E-state index contributed by atoms with van der Waals surface area (Å²) in [6, 6.07) is 5.76.